The van der Waals surface area contributed by atoms with E-state index in [4.69, 9.17) is 9.47 Å². The number of imide groups is 1. The number of nitrogens with one attached hydrogen (secondary N) is 1. The van der Waals surface area contributed by atoms with Gasteiger partial charge in [-0.25, -0.2) is 0 Å². The van der Waals surface area contributed by atoms with E-state index in [-0.39, 0.29) is 18.4 Å². The van der Waals surface area contributed by atoms with Crippen LogP contribution in [0.2, 0.25) is 0 Å². The van der Waals surface area contributed by atoms with Crippen LogP contribution in [0, 0.1) is 5.92 Å². The van der Waals surface area contributed by atoms with Gasteiger partial charge in [0.15, 0.2) is 11.5 Å². The van der Waals surface area contributed by atoms with E-state index in [0.717, 1.165) is 10.5 Å². The lowest BCUT2D eigenvalue weighted by atomic mass is 10.0. The van der Waals surface area contributed by atoms with Gasteiger partial charge in [-0.1, -0.05) is 32.0 Å². The molecule has 2 aromatic carbocycles. The molecule has 1 atom stereocenters. The van der Waals surface area contributed by atoms with Crippen molar-refractivity contribution in [2.24, 2.45) is 5.92 Å². The zero-order chi connectivity index (χ0) is 22.5. The Morgan fingerprint density at radius 1 is 1.03 bits per heavy atom. The SMILES string of the molecule is CCOc1ccc(CNC(=O)C(CC(C)C)N2C(=O)c3ccccc3C2=O)cc1OC. The van der Waals surface area contributed by atoms with Crippen molar-refractivity contribution in [1.82, 2.24) is 10.2 Å². The molecular formula is C24H28N2O5. The summed E-state index contributed by atoms with van der Waals surface area (Å²) in [7, 11) is 1.56. The zero-order valence-corrected chi connectivity index (χ0v) is 18.3. The molecule has 0 fully saturated rings. The third-order valence-electron chi connectivity index (χ3n) is 5.13. The van der Waals surface area contributed by atoms with E-state index in [2.05, 4.69) is 5.32 Å². The smallest absolute Gasteiger partial charge is 0.262 e. The molecule has 1 unspecified atom stereocenters. The van der Waals surface area contributed by atoms with Crippen LogP contribution in [0.15, 0.2) is 42.5 Å². The van der Waals surface area contributed by atoms with Crippen molar-refractivity contribution in [3.8, 4) is 11.5 Å². The minimum Gasteiger partial charge on any atom is -0.493 e. The average Bonchev–Trinajstić information content (AvgIpc) is 3.01. The van der Waals surface area contributed by atoms with Crippen molar-refractivity contribution < 1.29 is 23.9 Å². The van der Waals surface area contributed by atoms with E-state index in [9.17, 15) is 14.4 Å². The van der Waals surface area contributed by atoms with Gasteiger partial charge in [-0.15, -0.1) is 0 Å². The van der Waals surface area contributed by atoms with Gasteiger partial charge in [0.2, 0.25) is 5.91 Å². The van der Waals surface area contributed by atoms with Crippen LogP contribution in [0.25, 0.3) is 0 Å². The summed E-state index contributed by atoms with van der Waals surface area (Å²) in [4.78, 5) is 40.0. The summed E-state index contributed by atoms with van der Waals surface area (Å²) in [6, 6.07) is 11.2. The molecule has 1 aliphatic heterocycles. The predicted molar refractivity (Wildman–Crippen MR) is 116 cm³/mol. The molecule has 31 heavy (non-hydrogen) atoms. The maximum absolute atomic E-state index is 13.1. The van der Waals surface area contributed by atoms with Crippen LogP contribution in [-0.4, -0.2) is 42.4 Å². The number of hydrogen-bond donors (Lipinski definition) is 1. The van der Waals surface area contributed by atoms with Gasteiger partial charge in [-0.2, -0.15) is 0 Å². The van der Waals surface area contributed by atoms with Gasteiger partial charge in [-0.3, -0.25) is 19.3 Å². The number of benzene rings is 2. The summed E-state index contributed by atoms with van der Waals surface area (Å²) in [6.45, 7) is 6.55. The van der Waals surface area contributed by atoms with E-state index in [0.29, 0.717) is 35.7 Å². The maximum Gasteiger partial charge on any atom is 0.262 e. The van der Waals surface area contributed by atoms with Crippen molar-refractivity contribution in [3.05, 3.63) is 59.2 Å². The van der Waals surface area contributed by atoms with Crippen LogP contribution in [0.3, 0.4) is 0 Å². The number of methoxy groups -OCH3 is 1. The molecule has 7 nitrogen and oxygen atoms in total. The van der Waals surface area contributed by atoms with Crippen LogP contribution < -0.4 is 14.8 Å². The van der Waals surface area contributed by atoms with Gasteiger partial charge in [0.05, 0.1) is 24.8 Å². The second kappa shape index (κ2) is 9.64. The molecule has 7 heteroatoms. The summed E-state index contributed by atoms with van der Waals surface area (Å²) in [5.74, 6) is 0.103. The summed E-state index contributed by atoms with van der Waals surface area (Å²) >= 11 is 0. The minimum atomic E-state index is -0.878. The Hall–Kier alpha value is -3.35. The van der Waals surface area contributed by atoms with Gasteiger partial charge in [0.25, 0.3) is 11.8 Å². The molecule has 0 radical (unpaired) electrons. The number of hydrogen-bond acceptors (Lipinski definition) is 5. The molecular weight excluding hydrogens is 396 g/mol. The van der Waals surface area contributed by atoms with Gasteiger partial charge < -0.3 is 14.8 Å². The highest BCUT2D eigenvalue weighted by Crippen LogP contribution is 2.29. The predicted octanol–water partition coefficient (Wildman–Crippen LogP) is 3.42. The molecule has 1 N–H and O–H groups in total. The summed E-state index contributed by atoms with van der Waals surface area (Å²) in [5, 5.41) is 2.87. The molecule has 0 saturated heterocycles. The van der Waals surface area contributed by atoms with Crippen molar-refractivity contribution in [1.29, 1.82) is 0 Å². The first-order chi connectivity index (χ1) is 14.9. The molecule has 1 heterocycles. The van der Waals surface area contributed by atoms with Crippen LogP contribution in [0.4, 0.5) is 0 Å². The van der Waals surface area contributed by atoms with E-state index in [1.807, 2.05) is 26.8 Å². The van der Waals surface area contributed by atoms with Gasteiger partial charge >= 0.3 is 0 Å². The van der Waals surface area contributed by atoms with Crippen molar-refractivity contribution in [2.75, 3.05) is 13.7 Å². The normalized spacial score (nSPS) is 13.9. The molecule has 3 amide bonds. The molecule has 0 bridgehead atoms. The first-order valence-corrected chi connectivity index (χ1v) is 10.4. The Bertz CT molecular complexity index is 951. The summed E-state index contributed by atoms with van der Waals surface area (Å²) < 4.78 is 10.9. The Morgan fingerprint density at radius 3 is 2.23 bits per heavy atom. The van der Waals surface area contributed by atoms with Crippen molar-refractivity contribution in [3.63, 3.8) is 0 Å². The highest BCUT2D eigenvalue weighted by molar-refractivity contribution is 6.22. The molecule has 0 saturated carbocycles. The standard InChI is InChI=1S/C24H28N2O5/c1-5-31-20-11-10-16(13-21(20)30-4)14-25-22(27)19(12-15(2)3)26-23(28)17-8-6-7-9-18(17)24(26)29/h6-11,13,15,19H,5,12,14H2,1-4H3,(H,25,27). The summed E-state index contributed by atoms with van der Waals surface area (Å²) in [6.07, 6.45) is 0.379. The zero-order valence-electron chi connectivity index (χ0n) is 18.3. The third-order valence-corrected chi connectivity index (χ3v) is 5.13. The van der Waals surface area contributed by atoms with E-state index >= 15 is 0 Å². The highest BCUT2D eigenvalue weighted by Gasteiger charge is 2.42. The van der Waals surface area contributed by atoms with E-state index in [1.54, 1.807) is 43.5 Å². The lowest BCUT2D eigenvalue weighted by Crippen LogP contribution is -2.50. The van der Waals surface area contributed by atoms with E-state index < -0.39 is 17.9 Å². The topological polar surface area (TPSA) is 84.9 Å². The van der Waals surface area contributed by atoms with Crippen LogP contribution in [0.1, 0.15) is 53.5 Å². The molecule has 2 aromatic rings. The van der Waals surface area contributed by atoms with Crippen molar-refractivity contribution >= 4 is 17.7 Å². The molecule has 0 aliphatic carbocycles. The monoisotopic (exact) mass is 424 g/mol. The fourth-order valence-corrected chi connectivity index (χ4v) is 3.67. The minimum absolute atomic E-state index is 0.116. The number of fused-ring (bicyclic) bond motifs is 1. The van der Waals surface area contributed by atoms with Gasteiger partial charge in [0.1, 0.15) is 6.04 Å². The Morgan fingerprint density at radius 2 is 1.68 bits per heavy atom. The fourth-order valence-electron chi connectivity index (χ4n) is 3.67. The second-order valence-corrected chi connectivity index (χ2v) is 7.81. The second-order valence-electron chi connectivity index (χ2n) is 7.81. The quantitative estimate of drug-likeness (QED) is 0.624. The average molecular weight is 424 g/mol. The van der Waals surface area contributed by atoms with Gasteiger partial charge in [0, 0.05) is 6.54 Å². The van der Waals surface area contributed by atoms with Crippen molar-refractivity contribution in [2.45, 2.75) is 39.8 Å². The number of rotatable bonds is 9. The number of carbonyl (C=O) groups is 3. The molecule has 164 valence electrons. The highest BCUT2D eigenvalue weighted by atomic mass is 16.5. The lowest BCUT2D eigenvalue weighted by Gasteiger charge is -2.26. The number of nitrogens with zero attached hydrogens (tertiary/aromatic N) is 1. The fraction of sp³-hybridized carbons (Fsp3) is 0.375. The molecule has 0 aromatic heterocycles. The number of carbonyl (C=O) groups excluding carboxylic acids is 3. The molecule has 1 aliphatic rings. The van der Waals surface area contributed by atoms with E-state index in [1.165, 1.54) is 0 Å². The Labute approximate surface area is 182 Å². The first-order valence-electron chi connectivity index (χ1n) is 10.4. The Kier molecular flexibility index (Phi) is 6.95. The summed E-state index contributed by atoms with van der Waals surface area (Å²) in [5.41, 5.74) is 1.50. The number of amides is 3. The van der Waals surface area contributed by atoms with Crippen LogP contribution >= 0.6 is 0 Å². The maximum atomic E-state index is 13.1. The largest absolute Gasteiger partial charge is 0.493 e. The molecule has 0 spiro atoms. The lowest BCUT2D eigenvalue weighted by molar-refractivity contribution is -0.125. The van der Waals surface area contributed by atoms with Gasteiger partial charge in [-0.05, 0) is 49.1 Å². The van der Waals surface area contributed by atoms with Crippen LogP contribution in [0.5, 0.6) is 11.5 Å². The Balaban J connectivity index is 1.77. The third kappa shape index (κ3) is 4.71. The first kappa shape index (κ1) is 22.3. The number of ether oxygens (including phenoxy) is 2. The van der Waals surface area contributed by atoms with Crippen LogP contribution in [-0.2, 0) is 11.3 Å². The molecule has 3 rings (SSSR count).